The van der Waals surface area contributed by atoms with E-state index in [4.69, 9.17) is 16.3 Å². The third-order valence-electron chi connectivity index (χ3n) is 2.89. The van der Waals surface area contributed by atoms with Gasteiger partial charge in [0.05, 0.1) is 6.61 Å². The zero-order chi connectivity index (χ0) is 15.2. The molecule has 0 spiro atoms. The second-order valence-electron chi connectivity index (χ2n) is 4.61. The van der Waals surface area contributed by atoms with Crippen molar-refractivity contribution in [1.29, 1.82) is 0 Å². The third kappa shape index (κ3) is 4.48. The molecule has 0 unspecified atom stereocenters. The summed E-state index contributed by atoms with van der Waals surface area (Å²) in [5.41, 5.74) is 2.39. The van der Waals surface area contributed by atoms with Crippen LogP contribution in [0.4, 0.5) is 5.69 Å². The fourth-order valence-electron chi connectivity index (χ4n) is 1.79. The second kappa shape index (κ2) is 7.11. The van der Waals surface area contributed by atoms with Gasteiger partial charge in [0.2, 0.25) is 0 Å². The maximum atomic E-state index is 11.8. The lowest BCUT2D eigenvalue weighted by molar-refractivity contribution is -0.118. The Morgan fingerprint density at radius 1 is 1.24 bits per heavy atom. The summed E-state index contributed by atoms with van der Waals surface area (Å²) in [5.74, 6) is 0.179. The molecule has 2 aromatic rings. The first-order valence-corrected chi connectivity index (χ1v) is 6.85. The number of benzene rings is 2. The van der Waals surface area contributed by atoms with Gasteiger partial charge in [0.15, 0.2) is 6.61 Å². The van der Waals surface area contributed by atoms with E-state index in [9.17, 15) is 9.90 Å². The van der Waals surface area contributed by atoms with Crippen molar-refractivity contribution in [1.82, 2.24) is 0 Å². The molecule has 0 bridgehead atoms. The Bertz CT molecular complexity index is 626. The van der Waals surface area contributed by atoms with Crippen LogP contribution in [0.5, 0.6) is 5.75 Å². The molecule has 0 radical (unpaired) electrons. The summed E-state index contributed by atoms with van der Waals surface area (Å²) in [6.45, 7) is 1.64. The number of amides is 1. The first kappa shape index (κ1) is 15.4. The maximum Gasteiger partial charge on any atom is 0.262 e. The van der Waals surface area contributed by atoms with Gasteiger partial charge in [-0.15, -0.1) is 0 Å². The Labute approximate surface area is 128 Å². The number of halogens is 1. The van der Waals surface area contributed by atoms with Crippen LogP contribution in [0.25, 0.3) is 0 Å². The van der Waals surface area contributed by atoms with Gasteiger partial charge in [-0.25, -0.2) is 0 Å². The van der Waals surface area contributed by atoms with Gasteiger partial charge < -0.3 is 15.2 Å². The van der Waals surface area contributed by atoms with Crippen molar-refractivity contribution in [2.45, 2.75) is 13.5 Å². The highest BCUT2D eigenvalue weighted by molar-refractivity contribution is 6.30. The molecule has 21 heavy (non-hydrogen) atoms. The summed E-state index contributed by atoms with van der Waals surface area (Å²) in [6, 6.07) is 12.4. The van der Waals surface area contributed by atoms with Crippen LogP contribution < -0.4 is 10.1 Å². The molecule has 1 amide bonds. The Balaban J connectivity index is 1.93. The van der Waals surface area contributed by atoms with Crippen LogP contribution in [0.2, 0.25) is 5.02 Å². The van der Waals surface area contributed by atoms with E-state index in [1.807, 2.05) is 31.2 Å². The molecule has 2 N–H and O–H groups in total. The second-order valence-corrected chi connectivity index (χ2v) is 5.05. The molecule has 0 aliphatic carbocycles. The van der Waals surface area contributed by atoms with E-state index in [0.29, 0.717) is 22.0 Å². The number of hydrogen-bond acceptors (Lipinski definition) is 3. The molecule has 0 fully saturated rings. The number of ether oxygens (including phenoxy) is 1. The first-order valence-electron chi connectivity index (χ1n) is 6.47. The van der Waals surface area contributed by atoms with Crippen LogP contribution in [-0.4, -0.2) is 17.6 Å². The highest BCUT2D eigenvalue weighted by atomic mass is 35.5. The minimum atomic E-state index is -0.266. The van der Waals surface area contributed by atoms with Crippen LogP contribution >= 0.6 is 11.6 Å². The van der Waals surface area contributed by atoms with Crippen LogP contribution in [0, 0.1) is 6.92 Å². The molecule has 2 aromatic carbocycles. The van der Waals surface area contributed by atoms with Gasteiger partial charge >= 0.3 is 0 Å². The zero-order valence-corrected chi connectivity index (χ0v) is 12.4. The van der Waals surface area contributed by atoms with Gasteiger partial charge in [-0.05, 0) is 37.3 Å². The van der Waals surface area contributed by atoms with Gasteiger partial charge in [0.25, 0.3) is 5.91 Å². The number of nitrogens with one attached hydrogen (secondary N) is 1. The van der Waals surface area contributed by atoms with Crippen molar-refractivity contribution in [3.05, 3.63) is 58.6 Å². The first-order chi connectivity index (χ1) is 10.1. The molecule has 0 saturated carbocycles. The summed E-state index contributed by atoms with van der Waals surface area (Å²) >= 11 is 5.83. The van der Waals surface area contributed by atoms with Crippen LogP contribution in [0.1, 0.15) is 11.1 Å². The molecule has 0 aromatic heterocycles. The van der Waals surface area contributed by atoms with Crippen molar-refractivity contribution in [2.24, 2.45) is 0 Å². The molecule has 110 valence electrons. The fraction of sp³-hybridized carbons (Fsp3) is 0.188. The Morgan fingerprint density at radius 2 is 1.95 bits per heavy atom. The van der Waals surface area contributed by atoms with Gasteiger partial charge in [0.1, 0.15) is 5.75 Å². The third-order valence-corrected chi connectivity index (χ3v) is 3.12. The predicted molar refractivity (Wildman–Crippen MR) is 82.7 cm³/mol. The number of hydrogen-bond donors (Lipinski definition) is 2. The quantitative estimate of drug-likeness (QED) is 0.892. The van der Waals surface area contributed by atoms with E-state index < -0.39 is 0 Å². The molecule has 2 rings (SSSR count). The number of anilines is 1. The minimum absolute atomic E-state index is 0.136. The minimum Gasteiger partial charge on any atom is -0.483 e. The van der Waals surface area contributed by atoms with Crippen molar-refractivity contribution in [3.8, 4) is 5.75 Å². The van der Waals surface area contributed by atoms with Crippen LogP contribution in [0.15, 0.2) is 42.5 Å². The lowest BCUT2D eigenvalue weighted by atomic mass is 10.2. The SMILES string of the molecule is Cc1ccc(NC(=O)COc2ccc(Cl)cc2CO)cc1. The van der Waals surface area contributed by atoms with E-state index in [2.05, 4.69) is 5.32 Å². The van der Waals surface area contributed by atoms with E-state index >= 15 is 0 Å². The summed E-state index contributed by atoms with van der Waals surface area (Å²) in [6.07, 6.45) is 0. The van der Waals surface area contributed by atoms with Gasteiger partial charge in [-0.2, -0.15) is 0 Å². The number of aliphatic hydroxyl groups is 1. The topological polar surface area (TPSA) is 58.6 Å². The molecule has 5 heteroatoms. The van der Waals surface area contributed by atoms with Crippen molar-refractivity contribution < 1.29 is 14.6 Å². The molecule has 0 heterocycles. The van der Waals surface area contributed by atoms with Crippen LogP contribution in [0.3, 0.4) is 0 Å². The van der Waals surface area contributed by atoms with Crippen molar-refractivity contribution in [3.63, 3.8) is 0 Å². The Hall–Kier alpha value is -2.04. The number of rotatable bonds is 5. The molecule has 0 aliphatic rings. The summed E-state index contributed by atoms with van der Waals surface area (Å²) in [7, 11) is 0. The fourth-order valence-corrected chi connectivity index (χ4v) is 1.98. The van der Waals surface area contributed by atoms with Gasteiger partial charge in [-0.3, -0.25) is 4.79 Å². The number of aryl methyl sites for hydroxylation is 1. The average Bonchev–Trinajstić information content (AvgIpc) is 2.48. The number of carbonyl (C=O) groups is 1. The lowest BCUT2D eigenvalue weighted by Crippen LogP contribution is -2.20. The number of aliphatic hydroxyl groups excluding tert-OH is 1. The van der Waals surface area contributed by atoms with Gasteiger partial charge in [-0.1, -0.05) is 29.3 Å². The number of carbonyl (C=O) groups excluding carboxylic acids is 1. The molecule has 0 saturated heterocycles. The maximum absolute atomic E-state index is 11.8. The monoisotopic (exact) mass is 305 g/mol. The van der Waals surface area contributed by atoms with Crippen LogP contribution in [-0.2, 0) is 11.4 Å². The van der Waals surface area contributed by atoms with Crippen molar-refractivity contribution in [2.75, 3.05) is 11.9 Å². The van der Waals surface area contributed by atoms with E-state index in [1.165, 1.54) is 0 Å². The van der Waals surface area contributed by atoms with Gasteiger partial charge in [0, 0.05) is 16.3 Å². The summed E-state index contributed by atoms with van der Waals surface area (Å²) < 4.78 is 5.41. The van der Waals surface area contributed by atoms with E-state index in [0.717, 1.165) is 5.56 Å². The molecular formula is C16H16ClNO3. The molecule has 4 nitrogen and oxygen atoms in total. The highest BCUT2D eigenvalue weighted by Crippen LogP contribution is 2.22. The standard InChI is InChI=1S/C16H16ClNO3/c1-11-2-5-14(6-3-11)18-16(20)10-21-15-7-4-13(17)8-12(15)9-19/h2-8,19H,9-10H2,1H3,(H,18,20). The largest absolute Gasteiger partial charge is 0.483 e. The molecule has 0 aliphatic heterocycles. The lowest BCUT2D eigenvalue weighted by Gasteiger charge is -2.11. The van der Waals surface area contributed by atoms with E-state index in [1.54, 1.807) is 18.2 Å². The zero-order valence-electron chi connectivity index (χ0n) is 11.6. The molecular weight excluding hydrogens is 290 g/mol. The van der Waals surface area contributed by atoms with Crippen molar-refractivity contribution >= 4 is 23.2 Å². The average molecular weight is 306 g/mol. The normalized spacial score (nSPS) is 10.2. The highest BCUT2D eigenvalue weighted by Gasteiger charge is 2.07. The predicted octanol–water partition coefficient (Wildman–Crippen LogP) is 3.16. The Kier molecular flexibility index (Phi) is 5.20. The molecule has 0 atom stereocenters. The Morgan fingerprint density at radius 3 is 2.62 bits per heavy atom. The summed E-state index contributed by atoms with van der Waals surface area (Å²) in [5, 5.41) is 12.5. The van der Waals surface area contributed by atoms with E-state index in [-0.39, 0.29) is 19.1 Å². The smallest absolute Gasteiger partial charge is 0.262 e. The summed E-state index contributed by atoms with van der Waals surface area (Å²) in [4.78, 5) is 11.8.